The van der Waals surface area contributed by atoms with E-state index >= 15 is 0 Å². The number of carbonyl (C=O) groups excluding carboxylic acids is 1. The molecule has 9 heteroatoms. The molecule has 4 rings (SSSR count). The highest BCUT2D eigenvalue weighted by Crippen LogP contribution is 2.36. The fourth-order valence-electron chi connectivity index (χ4n) is 3.73. The van der Waals surface area contributed by atoms with E-state index in [1.807, 2.05) is 18.4 Å². The molecule has 0 radical (unpaired) electrons. The zero-order chi connectivity index (χ0) is 21.6. The lowest BCUT2D eigenvalue weighted by atomic mass is 9.95. The predicted octanol–water partition coefficient (Wildman–Crippen LogP) is 5.00. The summed E-state index contributed by atoms with van der Waals surface area (Å²) in [4.78, 5) is 28.8. The van der Waals surface area contributed by atoms with Gasteiger partial charge in [0.2, 0.25) is 5.91 Å². The van der Waals surface area contributed by atoms with Gasteiger partial charge in [-0.2, -0.15) is 18.3 Å². The molecule has 156 valence electrons. The Labute approximate surface area is 173 Å². The van der Waals surface area contributed by atoms with Gasteiger partial charge < -0.3 is 4.98 Å². The number of pyridine rings is 1. The standard InChI is InChI=1S/C21H18F3N3O2S/c1-3-17(28)27-16(12-4-6-13(7-5-12)21(22,23)24)10-15(26-27)18-11(2)14-8-9-30-20(14)25-19(18)29/h4-9,16H,3,10H2,1-2H3,(H,25,29). The summed E-state index contributed by atoms with van der Waals surface area (Å²) in [6.07, 6.45) is -4.00. The maximum absolute atomic E-state index is 12.9. The van der Waals surface area contributed by atoms with Crippen molar-refractivity contribution in [2.45, 2.75) is 38.9 Å². The number of H-pyrrole nitrogens is 1. The summed E-state index contributed by atoms with van der Waals surface area (Å²) in [5.74, 6) is -0.263. The maximum atomic E-state index is 12.9. The number of nitrogens with one attached hydrogen (secondary N) is 1. The zero-order valence-corrected chi connectivity index (χ0v) is 17.0. The Kier molecular flexibility index (Phi) is 5.01. The number of carbonyl (C=O) groups is 1. The summed E-state index contributed by atoms with van der Waals surface area (Å²) >= 11 is 1.42. The third-order valence-electron chi connectivity index (χ3n) is 5.28. The SMILES string of the molecule is CCC(=O)N1N=C(c2c(C)c3ccsc3[nH]c2=O)CC1c1ccc(C(F)(F)F)cc1. The Bertz CT molecular complexity index is 1210. The molecule has 1 N–H and O–H groups in total. The second-order valence-electron chi connectivity index (χ2n) is 7.10. The number of amides is 1. The summed E-state index contributed by atoms with van der Waals surface area (Å²) in [6, 6.07) is 6.07. The molecule has 1 atom stereocenters. The molecule has 30 heavy (non-hydrogen) atoms. The summed E-state index contributed by atoms with van der Waals surface area (Å²) in [5.41, 5.74) is 1.12. The van der Waals surface area contributed by atoms with E-state index in [2.05, 4.69) is 10.1 Å². The van der Waals surface area contributed by atoms with Gasteiger partial charge in [-0.25, -0.2) is 5.01 Å². The first kappa shape index (κ1) is 20.3. The molecule has 3 heterocycles. The van der Waals surface area contributed by atoms with Crippen LogP contribution in [0.25, 0.3) is 10.2 Å². The predicted molar refractivity (Wildman–Crippen MR) is 110 cm³/mol. The number of aromatic nitrogens is 1. The van der Waals surface area contributed by atoms with Gasteiger partial charge in [-0.15, -0.1) is 11.3 Å². The minimum Gasteiger partial charge on any atom is -0.313 e. The van der Waals surface area contributed by atoms with Crippen molar-refractivity contribution >= 4 is 33.2 Å². The zero-order valence-electron chi connectivity index (χ0n) is 16.2. The molecular weight excluding hydrogens is 415 g/mol. The molecule has 1 aliphatic heterocycles. The first-order valence-corrected chi connectivity index (χ1v) is 10.3. The molecule has 3 aromatic rings. The number of fused-ring (bicyclic) bond motifs is 1. The van der Waals surface area contributed by atoms with Crippen LogP contribution in [0.4, 0.5) is 13.2 Å². The quantitative estimate of drug-likeness (QED) is 0.631. The maximum Gasteiger partial charge on any atom is 0.416 e. The molecule has 5 nitrogen and oxygen atoms in total. The second-order valence-corrected chi connectivity index (χ2v) is 8.01. The number of alkyl halides is 3. The van der Waals surface area contributed by atoms with Crippen molar-refractivity contribution in [3.05, 3.63) is 68.3 Å². The van der Waals surface area contributed by atoms with Crippen LogP contribution in [0.5, 0.6) is 0 Å². The molecule has 0 fully saturated rings. The van der Waals surface area contributed by atoms with Crippen LogP contribution in [0.2, 0.25) is 0 Å². The van der Waals surface area contributed by atoms with Crippen molar-refractivity contribution in [1.29, 1.82) is 0 Å². The second kappa shape index (κ2) is 7.39. The Morgan fingerprint density at radius 3 is 2.60 bits per heavy atom. The van der Waals surface area contributed by atoms with E-state index in [0.29, 0.717) is 16.8 Å². The Morgan fingerprint density at radius 1 is 1.27 bits per heavy atom. The smallest absolute Gasteiger partial charge is 0.313 e. The van der Waals surface area contributed by atoms with Crippen molar-refractivity contribution in [2.75, 3.05) is 0 Å². The van der Waals surface area contributed by atoms with Crippen molar-refractivity contribution in [2.24, 2.45) is 5.10 Å². The molecule has 0 aliphatic carbocycles. The molecule has 1 unspecified atom stereocenters. The monoisotopic (exact) mass is 433 g/mol. The highest BCUT2D eigenvalue weighted by molar-refractivity contribution is 7.16. The van der Waals surface area contributed by atoms with Crippen molar-refractivity contribution in [3.63, 3.8) is 0 Å². The largest absolute Gasteiger partial charge is 0.416 e. The van der Waals surface area contributed by atoms with E-state index in [4.69, 9.17) is 0 Å². The Morgan fingerprint density at radius 2 is 1.97 bits per heavy atom. The van der Waals surface area contributed by atoms with Crippen LogP contribution in [-0.2, 0) is 11.0 Å². The van der Waals surface area contributed by atoms with E-state index < -0.39 is 17.8 Å². The number of hydrogen-bond donors (Lipinski definition) is 1. The first-order chi connectivity index (χ1) is 14.2. The lowest BCUT2D eigenvalue weighted by Crippen LogP contribution is -2.26. The normalized spacial score (nSPS) is 16.9. The lowest BCUT2D eigenvalue weighted by molar-refractivity contribution is -0.137. The summed E-state index contributed by atoms with van der Waals surface area (Å²) in [5, 5.41) is 8.51. The van der Waals surface area contributed by atoms with E-state index in [-0.39, 0.29) is 24.3 Å². The summed E-state index contributed by atoms with van der Waals surface area (Å²) in [7, 11) is 0. The van der Waals surface area contributed by atoms with Crippen molar-refractivity contribution in [1.82, 2.24) is 9.99 Å². The van der Waals surface area contributed by atoms with Gasteiger partial charge in [-0.05, 0) is 41.6 Å². The van der Waals surface area contributed by atoms with Crippen molar-refractivity contribution < 1.29 is 18.0 Å². The van der Waals surface area contributed by atoms with Gasteiger partial charge in [0.1, 0.15) is 4.83 Å². The van der Waals surface area contributed by atoms with Gasteiger partial charge in [-0.3, -0.25) is 9.59 Å². The number of halogens is 3. The minimum absolute atomic E-state index is 0.187. The number of aromatic amines is 1. The molecule has 1 amide bonds. The molecule has 0 spiro atoms. The van der Waals surface area contributed by atoms with Gasteiger partial charge in [-0.1, -0.05) is 19.1 Å². The number of hydrazone groups is 1. The van der Waals surface area contributed by atoms with Crippen LogP contribution in [0.1, 0.15) is 48.1 Å². The fourth-order valence-corrected chi connectivity index (χ4v) is 4.57. The number of benzene rings is 1. The molecule has 1 aliphatic rings. The van der Waals surface area contributed by atoms with Crippen LogP contribution in [0.15, 0.2) is 45.6 Å². The van der Waals surface area contributed by atoms with E-state index in [1.165, 1.54) is 28.5 Å². The van der Waals surface area contributed by atoms with Crippen molar-refractivity contribution in [3.8, 4) is 0 Å². The topological polar surface area (TPSA) is 65.5 Å². The van der Waals surface area contributed by atoms with Crippen LogP contribution in [-0.4, -0.2) is 21.6 Å². The van der Waals surface area contributed by atoms with Gasteiger partial charge >= 0.3 is 6.18 Å². The number of nitrogens with zero attached hydrogens (tertiary/aromatic N) is 2. The number of aryl methyl sites for hydroxylation is 1. The minimum atomic E-state index is -4.44. The average molecular weight is 433 g/mol. The van der Waals surface area contributed by atoms with Gasteiger partial charge in [0.25, 0.3) is 5.56 Å². The summed E-state index contributed by atoms with van der Waals surface area (Å²) < 4.78 is 38.7. The van der Waals surface area contributed by atoms with E-state index in [9.17, 15) is 22.8 Å². The van der Waals surface area contributed by atoms with Crippen LogP contribution in [0.3, 0.4) is 0 Å². The Balaban J connectivity index is 1.76. The molecule has 2 aromatic heterocycles. The van der Waals surface area contributed by atoms with Gasteiger partial charge in [0.15, 0.2) is 0 Å². The number of rotatable bonds is 3. The van der Waals surface area contributed by atoms with Gasteiger partial charge in [0, 0.05) is 18.2 Å². The fraction of sp³-hybridized carbons (Fsp3) is 0.286. The third kappa shape index (κ3) is 3.43. The molecule has 0 saturated heterocycles. The van der Waals surface area contributed by atoms with E-state index in [1.54, 1.807) is 6.92 Å². The summed E-state index contributed by atoms with van der Waals surface area (Å²) in [6.45, 7) is 3.52. The van der Waals surface area contributed by atoms with Crippen LogP contribution >= 0.6 is 11.3 Å². The first-order valence-electron chi connectivity index (χ1n) is 9.37. The third-order valence-corrected chi connectivity index (χ3v) is 6.11. The lowest BCUT2D eigenvalue weighted by Gasteiger charge is -2.22. The van der Waals surface area contributed by atoms with Crippen LogP contribution in [0, 0.1) is 6.92 Å². The number of thiophene rings is 1. The average Bonchev–Trinajstić information content (AvgIpc) is 3.34. The van der Waals surface area contributed by atoms with Crippen LogP contribution < -0.4 is 5.56 Å². The number of hydrogen-bond acceptors (Lipinski definition) is 4. The molecule has 1 aromatic carbocycles. The Hall–Kier alpha value is -2.94. The molecule has 0 bridgehead atoms. The highest BCUT2D eigenvalue weighted by atomic mass is 32.1. The van der Waals surface area contributed by atoms with E-state index in [0.717, 1.165) is 27.9 Å². The molecular formula is C21H18F3N3O2S. The highest BCUT2D eigenvalue weighted by Gasteiger charge is 2.35. The molecule has 0 saturated carbocycles. The van der Waals surface area contributed by atoms with Gasteiger partial charge in [0.05, 0.1) is 22.9 Å².